The predicted octanol–water partition coefficient (Wildman–Crippen LogP) is -2.94. The predicted molar refractivity (Wildman–Crippen MR) is 110 cm³/mol. The highest BCUT2D eigenvalue weighted by Crippen LogP contribution is 2.30. The highest BCUT2D eigenvalue weighted by atomic mass is 16.7. The molecule has 13 heteroatoms. The van der Waals surface area contributed by atoms with Crippen molar-refractivity contribution >= 4 is 11.9 Å². The molecule has 10 atom stereocenters. The van der Waals surface area contributed by atoms with Crippen LogP contribution < -0.4 is 5.32 Å². The summed E-state index contributed by atoms with van der Waals surface area (Å²) in [5, 5.41) is 62.4. The molecule has 0 radical (unpaired) electrons. The number of hydrogen-bond donors (Lipinski definition) is 7. The minimum absolute atomic E-state index is 0.000509. The zero-order chi connectivity index (χ0) is 25.0. The van der Waals surface area contributed by atoms with Crippen molar-refractivity contribution < 1.29 is 59.2 Å². The molecule has 1 aromatic carbocycles. The molecule has 2 saturated heterocycles. The standard InChI is InChI=1S/C21H29NO12/c1-9(24)22-12-17(31-8-10-5-3-2-4-6-10)16(11(7-23)32-20(12)30)33-21-15(27)13(25)14(26)18(34-21)19(28)29/h2-6,11-18,20-21,23,25-27,30H,7-8H2,1H3,(H,22,24)(H,28,29)/t11-,12-,13+,14+,15-,16-,17-,18+,20+,21-/m1/s1. The van der Waals surface area contributed by atoms with Gasteiger partial charge in [-0.3, -0.25) is 4.79 Å². The SMILES string of the molecule is CC(=O)N[C@@H]1[C@@H](OCc2ccccc2)[C@H](O[C@@H]2O[C@H](C(=O)O)[C@@H](O)[C@H](O)[C@H]2O)[C@@H](CO)O[C@@H]1O. The summed E-state index contributed by atoms with van der Waals surface area (Å²) in [4.78, 5) is 23.2. The van der Waals surface area contributed by atoms with Gasteiger partial charge in [-0.1, -0.05) is 30.3 Å². The van der Waals surface area contributed by atoms with Gasteiger partial charge in [0, 0.05) is 6.92 Å². The van der Waals surface area contributed by atoms with Crippen molar-refractivity contribution in [2.24, 2.45) is 0 Å². The molecule has 13 nitrogen and oxygen atoms in total. The number of aliphatic carboxylic acids is 1. The van der Waals surface area contributed by atoms with Crippen molar-refractivity contribution in [2.75, 3.05) is 6.61 Å². The van der Waals surface area contributed by atoms with Crippen molar-refractivity contribution in [3.8, 4) is 0 Å². The molecule has 7 N–H and O–H groups in total. The Bertz CT molecular complexity index is 825. The molecule has 2 fully saturated rings. The Morgan fingerprint density at radius 2 is 1.68 bits per heavy atom. The first-order valence-corrected chi connectivity index (χ1v) is 10.6. The van der Waals surface area contributed by atoms with Gasteiger partial charge >= 0.3 is 5.97 Å². The lowest BCUT2D eigenvalue weighted by atomic mass is 9.95. The van der Waals surface area contributed by atoms with Gasteiger partial charge in [0.1, 0.15) is 42.7 Å². The lowest BCUT2D eigenvalue weighted by Crippen LogP contribution is -2.68. The number of nitrogens with one attached hydrogen (secondary N) is 1. The second-order valence-electron chi connectivity index (χ2n) is 8.07. The third kappa shape index (κ3) is 5.89. The molecule has 2 aliphatic rings. The fraction of sp³-hybridized carbons (Fsp3) is 0.619. The van der Waals surface area contributed by atoms with Crippen LogP contribution in [-0.2, 0) is 35.1 Å². The second-order valence-corrected chi connectivity index (χ2v) is 8.07. The van der Waals surface area contributed by atoms with Crippen molar-refractivity contribution in [2.45, 2.75) is 74.9 Å². The van der Waals surface area contributed by atoms with Crippen LogP contribution in [0.25, 0.3) is 0 Å². The highest BCUT2D eigenvalue weighted by Gasteiger charge is 2.52. The van der Waals surface area contributed by atoms with E-state index >= 15 is 0 Å². The van der Waals surface area contributed by atoms with Gasteiger partial charge < -0.3 is 54.9 Å². The summed E-state index contributed by atoms with van der Waals surface area (Å²) in [7, 11) is 0. The molecule has 0 aromatic heterocycles. The lowest BCUT2D eigenvalue weighted by molar-refractivity contribution is -0.344. The molecule has 34 heavy (non-hydrogen) atoms. The maximum absolute atomic E-state index is 11.8. The largest absolute Gasteiger partial charge is 0.479 e. The molecule has 190 valence electrons. The number of hydrogen-bond acceptors (Lipinski definition) is 11. The van der Waals surface area contributed by atoms with Gasteiger partial charge in [0.2, 0.25) is 5.91 Å². The van der Waals surface area contributed by atoms with Crippen LogP contribution in [0.2, 0.25) is 0 Å². The summed E-state index contributed by atoms with van der Waals surface area (Å²) in [5.74, 6) is -2.13. The first kappa shape index (κ1) is 26.4. The van der Waals surface area contributed by atoms with E-state index in [0.717, 1.165) is 5.56 Å². The minimum Gasteiger partial charge on any atom is -0.479 e. The van der Waals surface area contributed by atoms with Crippen molar-refractivity contribution in [1.29, 1.82) is 0 Å². The fourth-order valence-corrected chi connectivity index (χ4v) is 3.90. The lowest BCUT2D eigenvalue weighted by Gasteiger charge is -2.47. The molecular formula is C21H29NO12. The van der Waals surface area contributed by atoms with Crippen LogP contribution in [0.15, 0.2) is 30.3 Å². The minimum atomic E-state index is -1.93. The first-order valence-electron chi connectivity index (χ1n) is 10.6. The Balaban J connectivity index is 1.88. The van der Waals surface area contributed by atoms with Gasteiger partial charge in [-0.15, -0.1) is 0 Å². The highest BCUT2D eigenvalue weighted by molar-refractivity contribution is 5.73. The molecule has 2 heterocycles. The van der Waals surface area contributed by atoms with Gasteiger partial charge in [0.05, 0.1) is 13.2 Å². The van der Waals surface area contributed by atoms with Crippen LogP contribution in [0.5, 0.6) is 0 Å². The first-order chi connectivity index (χ1) is 16.1. The van der Waals surface area contributed by atoms with Gasteiger partial charge in [0.15, 0.2) is 18.7 Å². The van der Waals surface area contributed by atoms with Crippen LogP contribution in [-0.4, -0.2) is 110 Å². The van der Waals surface area contributed by atoms with E-state index in [1.165, 1.54) is 6.92 Å². The molecule has 0 saturated carbocycles. The smallest absolute Gasteiger partial charge is 0.335 e. The molecule has 0 bridgehead atoms. The summed E-state index contributed by atoms with van der Waals surface area (Å²) in [6, 6.07) is 7.71. The van der Waals surface area contributed by atoms with Crippen molar-refractivity contribution in [3.63, 3.8) is 0 Å². The van der Waals surface area contributed by atoms with E-state index in [-0.39, 0.29) is 6.61 Å². The van der Waals surface area contributed by atoms with E-state index in [1.807, 2.05) is 0 Å². The quantitative estimate of drug-likeness (QED) is 0.197. The van der Waals surface area contributed by atoms with Crippen molar-refractivity contribution in [1.82, 2.24) is 5.32 Å². The number of rotatable bonds is 8. The number of carboxylic acids is 1. The average Bonchev–Trinajstić information content (AvgIpc) is 2.80. The fourth-order valence-electron chi connectivity index (χ4n) is 3.90. The summed E-state index contributed by atoms with van der Waals surface area (Å²) < 4.78 is 22.2. The number of aliphatic hydroxyl groups excluding tert-OH is 5. The van der Waals surface area contributed by atoms with Crippen LogP contribution in [0.3, 0.4) is 0 Å². The van der Waals surface area contributed by atoms with E-state index < -0.39 is 79.8 Å². The Morgan fingerprint density at radius 1 is 1.00 bits per heavy atom. The van der Waals surface area contributed by atoms with Crippen LogP contribution in [0, 0.1) is 0 Å². The zero-order valence-electron chi connectivity index (χ0n) is 18.2. The average molecular weight is 487 g/mol. The Labute approximate surface area is 194 Å². The molecule has 1 amide bonds. The third-order valence-electron chi connectivity index (χ3n) is 5.60. The topological polar surface area (TPSA) is 204 Å². The van der Waals surface area contributed by atoms with E-state index in [9.17, 15) is 40.2 Å². The molecule has 1 aromatic rings. The Hall–Kier alpha value is -2.20. The van der Waals surface area contributed by atoms with Gasteiger partial charge in [-0.25, -0.2) is 4.79 Å². The monoisotopic (exact) mass is 487 g/mol. The van der Waals surface area contributed by atoms with Crippen molar-refractivity contribution in [3.05, 3.63) is 35.9 Å². The second kappa shape index (κ2) is 11.5. The molecule has 0 aliphatic carbocycles. The van der Waals surface area contributed by atoms with E-state index in [2.05, 4.69) is 5.32 Å². The third-order valence-corrected chi connectivity index (χ3v) is 5.60. The number of amides is 1. The van der Waals surface area contributed by atoms with Gasteiger partial charge in [0.25, 0.3) is 0 Å². The number of carbonyl (C=O) groups is 2. The van der Waals surface area contributed by atoms with Crippen LogP contribution in [0.1, 0.15) is 12.5 Å². The molecular weight excluding hydrogens is 458 g/mol. The Kier molecular flexibility index (Phi) is 8.92. The van der Waals surface area contributed by atoms with Gasteiger partial charge in [-0.05, 0) is 5.56 Å². The summed E-state index contributed by atoms with van der Waals surface area (Å²) in [6.45, 7) is 0.522. The van der Waals surface area contributed by atoms with E-state index in [1.54, 1.807) is 30.3 Å². The summed E-state index contributed by atoms with van der Waals surface area (Å²) in [6.07, 6.45) is -14.7. The van der Waals surface area contributed by atoms with Gasteiger partial charge in [-0.2, -0.15) is 0 Å². The maximum Gasteiger partial charge on any atom is 0.335 e. The number of carbonyl (C=O) groups excluding carboxylic acids is 1. The Morgan fingerprint density at radius 3 is 2.26 bits per heavy atom. The molecule has 0 spiro atoms. The number of aliphatic hydroxyl groups is 5. The zero-order valence-corrected chi connectivity index (χ0v) is 18.2. The normalized spacial score (nSPS) is 38.3. The van der Waals surface area contributed by atoms with Crippen LogP contribution in [0.4, 0.5) is 0 Å². The number of benzene rings is 1. The summed E-state index contributed by atoms with van der Waals surface area (Å²) >= 11 is 0. The maximum atomic E-state index is 11.8. The van der Waals surface area contributed by atoms with E-state index in [4.69, 9.17) is 18.9 Å². The number of ether oxygens (including phenoxy) is 4. The molecule has 2 aliphatic heterocycles. The van der Waals surface area contributed by atoms with Crippen LogP contribution >= 0.6 is 0 Å². The molecule has 3 rings (SSSR count). The van der Waals surface area contributed by atoms with E-state index in [0.29, 0.717) is 0 Å². The number of carboxylic acid groups (broad SMARTS) is 1. The summed E-state index contributed by atoms with van der Waals surface area (Å²) in [5.41, 5.74) is 0.739. The molecule has 0 unspecified atom stereocenters.